The predicted molar refractivity (Wildman–Crippen MR) is 88.3 cm³/mol. The lowest BCUT2D eigenvalue weighted by Gasteiger charge is -2.05. The Kier molecular flexibility index (Phi) is 4.15. The van der Waals surface area contributed by atoms with E-state index in [2.05, 4.69) is 40.7 Å². The van der Waals surface area contributed by atoms with Crippen molar-refractivity contribution in [1.29, 1.82) is 0 Å². The number of aryl methyl sites for hydroxylation is 2. The second-order valence-electron chi connectivity index (χ2n) is 5.24. The lowest BCUT2D eigenvalue weighted by Crippen LogP contribution is -1.94. The second-order valence-corrected chi connectivity index (χ2v) is 5.99. The van der Waals surface area contributed by atoms with Gasteiger partial charge in [-0.05, 0) is 54.8 Å². The molecule has 3 rings (SSSR count). The Balaban J connectivity index is 1.70. The van der Waals surface area contributed by atoms with Crippen LogP contribution >= 0.6 is 11.5 Å². The highest BCUT2D eigenvalue weighted by Crippen LogP contribution is 2.21. The fourth-order valence-corrected chi connectivity index (χ4v) is 2.71. The van der Waals surface area contributed by atoms with Crippen molar-refractivity contribution in [3.05, 3.63) is 70.8 Å². The summed E-state index contributed by atoms with van der Waals surface area (Å²) in [5.74, 6) is 0.509. The van der Waals surface area contributed by atoms with Gasteiger partial charge >= 0.3 is 0 Å². The average Bonchev–Trinajstić information content (AvgIpc) is 2.93. The molecule has 0 atom stereocenters. The summed E-state index contributed by atoms with van der Waals surface area (Å²) >= 11 is 1.33. The van der Waals surface area contributed by atoms with Crippen molar-refractivity contribution in [2.24, 2.45) is 0 Å². The quantitative estimate of drug-likeness (QED) is 0.763. The van der Waals surface area contributed by atoms with Crippen LogP contribution in [-0.4, -0.2) is 9.36 Å². The van der Waals surface area contributed by atoms with E-state index in [1.54, 1.807) is 12.1 Å². The van der Waals surface area contributed by atoms with Gasteiger partial charge in [-0.3, -0.25) is 0 Å². The fraction of sp³-hybridized carbons (Fsp3) is 0.176. The number of halogens is 1. The lowest BCUT2D eigenvalue weighted by atomic mass is 10.1. The van der Waals surface area contributed by atoms with Crippen molar-refractivity contribution in [1.82, 2.24) is 9.36 Å². The van der Waals surface area contributed by atoms with Crippen LogP contribution < -0.4 is 5.32 Å². The van der Waals surface area contributed by atoms with Crippen LogP contribution in [0.2, 0.25) is 0 Å². The van der Waals surface area contributed by atoms with Crippen molar-refractivity contribution < 1.29 is 4.39 Å². The highest BCUT2D eigenvalue weighted by molar-refractivity contribution is 7.09. The van der Waals surface area contributed by atoms with E-state index in [9.17, 15) is 4.39 Å². The van der Waals surface area contributed by atoms with E-state index in [0.29, 0.717) is 6.42 Å². The topological polar surface area (TPSA) is 37.8 Å². The van der Waals surface area contributed by atoms with Gasteiger partial charge in [-0.25, -0.2) is 9.37 Å². The van der Waals surface area contributed by atoms with Crippen LogP contribution in [0.5, 0.6) is 0 Å². The molecular weight excluding hydrogens is 297 g/mol. The molecule has 1 N–H and O–H groups in total. The maximum absolute atomic E-state index is 12.9. The number of aromatic nitrogens is 2. The number of nitrogens with zero attached hydrogens (tertiary/aromatic N) is 2. The molecule has 1 aromatic heterocycles. The van der Waals surface area contributed by atoms with Crippen molar-refractivity contribution in [3.63, 3.8) is 0 Å². The number of benzene rings is 2. The molecule has 112 valence electrons. The van der Waals surface area contributed by atoms with Crippen LogP contribution in [0.15, 0.2) is 42.5 Å². The van der Waals surface area contributed by atoms with Crippen LogP contribution in [0.4, 0.5) is 15.2 Å². The van der Waals surface area contributed by atoms with Gasteiger partial charge in [-0.1, -0.05) is 18.2 Å². The molecular formula is C17H16FN3S. The van der Waals surface area contributed by atoms with E-state index in [1.165, 1.54) is 34.8 Å². The molecule has 2 aromatic carbocycles. The Bertz CT molecular complexity index is 781. The van der Waals surface area contributed by atoms with Crippen molar-refractivity contribution >= 4 is 22.4 Å². The summed E-state index contributed by atoms with van der Waals surface area (Å²) in [7, 11) is 0. The third-order valence-corrected chi connectivity index (χ3v) is 4.17. The van der Waals surface area contributed by atoms with Gasteiger partial charge in [-0.15, -0.1) is 0 Å². The van der Waals surface area contributed by atoms with Crippen LogP contribution in [-0.2, 0) is 6.42 Å². The monoisotopic (exact) mass is 313 g/mol. The number of rotatable bonds is 4. The molecule has 0 fully saturated rings. The van der Waals surface area contributed by atoms with Gasteiger partial charge in [0.05, 0.1) is 0 Å². The van der Waals surface area contributed by atoms with Gasteiger partial charge in [0, 0.05) is 23.6 Å². The van der Waals surface area contributed by atoms with Crippen LogP contribution in [0.1, 0.15) is 22.5 Å². The summed E-state index contributed by atoms with van der Waals surface area (Å²) in [5, 5.41) is 4.04. The first-order valence-electron chi connectivity index (χ1n) is 7.01. The molecule has 3 nitrogen and oxygen atoms in total. The molecule has 0 spiro atoms. The third kappa shape index (κ3) is 3.49. The van der Waals surface area contributed by atoms with E-state index in [-0.39, 0.29) is 5.82 Å². The molecule has 0 aliphatic heterocycles. The van der Waals surface area contributed by atoms with Crippen molar-refractivity contribution in [3.8, 4) is 0 Å². The van der Waals surface area contributed by atoms with E-state index in [0.717, 1.165) is 22.2 Å². The molecule has 0 aliphatic rings. The summed E-state index contributed by atoms with van der Waals surface area (Å²) in [4.78, 5) is 4.48. The Morgan fingerprint density at radius 1 is 1.05 bits per heavy atom. The Labute approximate surface area is 133 Å². The van der Waals surface area contributed by atoms with E-state index >= 15 is 0 Å². The maximum atomic E-state index is 12.9. The zero-order valence-electron chi connectivity index (χ0n) is 12.4. The van der Waals surface area contributed by atoms with Crippen molar-refractivity contribution in [2.75, 3.05) is 5.32 Å². The van der Waals surface area contributed by atoms with Crippen molar-refractivity contribution in [2.45, 2.75) is 20.3 Å². The molecule has 3 aromatic rings. The second kappa shape index (κ2) is 6.23. The summed E-state index contributed by atoms with van der Waals surface area (Å²) < 4.78 is 17.2. The summed E-state index contributed by atoms with van der Waals surface area (Å²) in [5.41, 5.74) is 4.50. The molecule has 0 radical (unpaired) electrons. The summed E-state index contributed by atoms with van der Waals surface area (Å²) in [6.45, 7) is 4.17. The normalized spacial score (nSPS) is 10.7. The number of hydrogen-bond donors (Lipinski definition) is 1. The smallest absolute Gasteiger partial charge is 0.207 e. The predicted octanol–water partition coefficient (Wildman–Crippen LogP) is 4.63. The fourth-order valence-electron chi connectivity index (χ4n) is 2.10. The molecule has 0 aliphatic carbocycles. The summed E-state index contributed by atoms with van der Waals surface area (Å²) in [6.07, 6.45) is 0.603. The first kappa shape index (κ1) is 14.7. The Hall–Kier alpha value is -2.27. The third-order valence-electron chi connectivity index (χ3n) is 3.50. The van der Waals surface area contributed by atoms with E-state index < -0.39 is 0 Å². The average molecular weight is 313 g/mol. The minimum absolute atomic E-state index is 0.230. The zero-order valence-corrected chi connectivity index (χ0v) is 13.2. The number of nitrogens with one attached hydrogen (secondary N) is 1. The maximum Gasteiger partial charge on any atom is 0.207 e. The largest absolute Gasteiger partial charge is 0.330 e. The molecule has 22 heavy (non-hydrogen) atoms. The Morgan fingerprint density at radius 3 is 2.55 bits per heavy atom. The Morgan fingerprint density at radius 2 is 1.82 bits per heavy atom. The number of anilines is 2. The van der Waals surface area contributed by atoms with Gasteiger partial charge in [0.1, 0.15) is 11.6 Å². The SMILES string of the molecule is Cc1ccc(Nc2nc(Cc3ccc(F)cc3)ns2)cc1C. The van der Waals surface area contributed by atoms with Gasteiger partial charge < -0.3 is 5.32 Å². The minimum Gasteiger partial charge on any atom is -0.330 e. The highest BCUT2D eigenvalue weighted by atomic mass is 32.1. The molecule has 0 unspecified atom stereocenters. The van der Waals surface area contributed by atoms with Crippen LogP contribution in [0.25, 0.3) is 0 Å². The van der Waals surface area contributed by atoms with E-state index in [1.807, 2.05) is 6.07 Å². The minimum atomic E-state index is -0.230. The standard InChI is InChI=1S/C17H16FN3S/c1-11-3-8-15(9-12(11)2)19-17-20-16(21-22-17)10-13-4-6-14(18)7-5-13/h3-9H,10H2,1-2H3,(H,19,20,21). The molecule has 0 amide bonds. The highest BCUT2D eigenvalue weighted by Gasteiger charge is 2.06. The first-order chi connectivity index (χ1) is 10.6. The molecule has 0 bridgehead atoms. The zero-order chi connectivity index (χ0) is 15.5. The number of hydrogen-bond acceptors (Lipinski definition) is 4. The molecule has 1 heterocycles. The van der Waals surface area contributed by atoms with Gasteiger partial charge in [-0.2, -0.15) is 4.37 Å². The molecule has 5 heteroatoms. The van der Waals surface area contributed by atoms with Crippen LogP contribution in [0, 0.1) is 19.7 Å². The van der Waals surface area contributed by atoms with Gasteiger partial charge in [0.15, 0.2) is 0 Å². The summed E-state index contributed by atoms with van der Waals surface area (Å²) in [6, 6.07) is 12.6. The van der Waals surface area contributed by atoms with Gasteiger partial charge in [0.2, 0.25) is 5.13 Å². The molecule has 0 saturated heterocycles. The lowest BCUT2D eigenvalue weighted by molar-refractivity contribution is 0.627. The van der Waals surface area contributed by atoms with Crippen LogP contribution in [0.3, 0.4) is 0 Å². The van der Waals surface area contributed by atoms with Gasteiger partial charge in [0.25, 0.3) is 0 Å². The first-order valence-corrected chi connectivity index (χ1v) is 7.79. The molecule has 0 saturated carbocycles. The van der Waals surface area contributed by atoms with E-state index in [4.69, 9.17) is 0 Å².